The van der Waals surface area contributed by atoms with E-state index >= 15 is 0 Å². The fourth-order valence-electron chi connectivity index (χ4n) is 0.853. The molecule has 0 heterocycles. The van der Waals surface area contributed by atoms with Gasteiger partial charge in [-0.2, -0.15) is 0 Å². The van der Waals surface area contributed by atoms with Gasteiger partial charge in [0.1, 0.15) is 16.7 Å². The first-order chi connectivity index (χ1) is 6.07. The van der Waals surface area contributed by atoms with Crippen LogP contribution in [0.2, 0.25) is 10.0 Å². The van der Waals surface area contributed by atoms with Crippen molar-refractivity contribution in [3.63, 3.8) is 0 Å². The van der Waals surface area contributed by atoms with Crippen molar-refractivity contribution < 1.29 is 9.31 Å². The molecule has 1 aromatic rings. The van der Waals surface area contributed by atoms with E-state index in [1.54, 1.807) is 0 Å². The molecule has 0 aliphatic rings. The Kier molecular flexibility index (Phi) is 3.06. The lowest BCUT2D eigenvalue weighted by Crippen LogP contribution is -1.93. The fourth-order valence-corrected chi connectivity index (χ4v) is 1.41. The van der Waals surface area contributed by atoms with Crippen LogP contribution in [0.3, 0.4) is 0 Å². The molecule has 0 radical (unpaired) electrons. The van der Waals surface area contributed by atoms with Gasteiger partial charge in [-0.05, 0) is 6.07 Å². The largest absolute Gasteiger partial charge is 0.306 e. The normalized spacial score (nSPS) is 10.1. The molecule has 0 atom stereocenters. The van der Waals surface area contributed by atoms with Crippen LogP contribution in [-0.2, 0) is 6.67 Å². The number of rotatable bonds is 2. The van der Waals surface area contributed by atoms with Crippen molar-refractivity contribution in [3.05, 3.63) is 37.9 Å². The number of benzene rings is 1. The Morgan fingerprint density at radius 1 is 1.46 bits per heavy atom. The van der Waals surface area contributed by atoms with E-state index in [9.17, 15) is 14.5 Å². The Balaban J connectivity index is 3.38. The third-order valence-corrected chi connectivity index (χ3v) is 2.20. The van der Waals surface area contributed by atoms with Crippen LogP contribution in [-0.4, -0.2) is 4.92 Å². The van der Waals surface area contributed by atoms with E-state index < -0.39 is 17.3 Å². The first-order valence-corrected chi connectivity index (χ1v) is 4.00. The quantitative estimate of drug-likeness (QED) is 0.570. The van der Waals surface area contributed by atoms with E-state index in [1.165, 1.54) is 12.1 Å². The summed E-state index contributed by atoms with van der Waals surface area (Å²) in [5.41, 5.74) is -0.378. The van der Waals surface area contributed by atoms with Gasteiger partial charge in [0.25, 0.3) is 0 Å². The van der Waals surface area contributed by atoms with Gasteiger partial charge in [-0.25, -0.2) is 4.39 Å². The Morgan fingerprint density at radius 2 is 2.08 bits per heavy atom. The summed E-state index contributed by atoms with van der Waals surface area (Å²) in [6.07, 6.45) is 0. The first kappa shape index (κ1) is 10.2. The van der Waals surface area contributed by atoms with E-state index in [0.717, 1.165) is 0 Å². The smallest absolute Gasteiger partial charge is 0.258 e. The highest BCUT2D eigenvalue weighted by Crippen LogP contribution is 2.35. The molecule has 1 aromatic carbocycles. The average molecular weight is 224 g/mol. The molecule has 0 amide bonds. The van der Waals surface area contributed by atoms with Gasteiger partial charge in [-0.3, -0.25) is 10.1 Å². The molecular formula is C7H4Cl2FNO2. The van der Waals surface area contributed by atoms with E-state index in [4.69, 9.17) is 23.2 Å². The van der Waals surface area contributed by atoms with Crippen LogP contribution in [0.25, 0.3) is 0 Å². The van der Waals surface area contributed by atoms with Crippen molar-refractivity contribution in [2.24, 2.45) is 0 Å². The summed E-state index contributed by atoms with van der Waals surface area (Å²) in [5, 5.41) is 10.1. The minimum Gasteiger partial charge on any atom is -0.258 e. The maximum absolute atomic E-state index is 12.2. The Hall–Kier alpha value is -0.870. The van der Waals surface area contributed by atoms with Crippen LogP contribution >= 0.6 is 23.2 Å². The molecule has 6 heteroatoms. The summed E-state index contributed by atoms with van der Waals surface area (Å²) in [5.74, 6) is 0. The minimum atomic E-state index is -0.850. The number of alkyl halides is 1. The third-order valence-electron chi connectivity index (χ3n) is 1.47. The fraction of sp³-hybridized carbons (Fsp3) is 0.143. The highest BCUT2D eigenvalue weighted by atomic mass is 35.5. The van der Waals surface area contributed by atoms with Crippen LogP contribution < -0.4 is 0 Å². The maximum Gasteiger partial charge on any atom is 0.306 e. The molecule has 13 heavy (non-hydrogen) atoms. The Labute approximate surface area is 83.2 Å². The number of nitro benzene ring substituents is 1. The number of hydrogen-bond donors (Lipinski definition) is 0. The second kappa shape index (κ2) is 3.89. The zero-order valence-corrected chi connectivity index (χ0v) is 7.77. The summed E-state index contributed by atoms with van der Waals surface area (Å²) in [4.78, 5) is 9.69. The van der Waals surface area contributed by atoms with Crippen molar-refractivity contribution in [3.8, 4) is 0 Å². The molecule has 0 aliphatic carbocycles. The van der Waals surface area contributed by atoms with Crippen molar-refractivity contribution in [2.45, 2.75) is 6.67 Å². The molecule has 0 aliphatic heterocycles. The second-order valence-corrected chi connectivity index (χ2v) is 3.05. The van der Waals surface area contributed by atoms with Crippen molar-refractivity contribution >= 4 is 28.9 Å². The molecular weight excluding hydrogens is 220 g/mol. The van der Waals surface area contributed by atoms with Crippen LogP contribution in [0, 0.1) is 10.1 Å². The van der Waals surface area contributed by atoms with E-state index in [2.05, 4.69) is 0 Å². The molecule has 0 spiro atoms. The van der Waals surface area contributed by atoms with Crippen molar-refractivity contribution in [2.75, 3.05) is 0 Å². The van der Waals surface area contributed by atoms with Crippen molar-refractivity contribution in [1.29, 1.82) is 0 Å². The molecule has 0 fully saturated rings. The monoisotopic (exact) mass is 223 g/mol. The number of halogens is 3. The van der Waals surface area contributed by atoms with Gasteiger partial charge in [-0.1, -0.05) is 29.3 Å². The van der Waals surface area contributed by atoms with Gasteiger partial charge in [0.05, 0.1) is 4.92 Å². The summed E-state index contributed by atoms with van der Waals surface area (Å²) >= 11 is 11.0. The van der Waals surface area contributed by atoms with Crippen LogP contribution in [0.5, 0.6) is 0 Å². The molecule has 3 nitrogen and oxygen atoms in total. The lowest BCUT2D eigenvalue weighted by Gasteiger charge is -2.01. The highest BCUT2D eigenvalue weighted by molar-refractivity contribution is 6.38. The SMILES string of the molecule is O=[N+]([O-])c1c(Cl)ccc(CF)c1Cl. The predicted molar refractivity (Wildman–Crippen MR) is 47.9 cm³/mol. The molecule has 0 saturated heterocycles. The molecule has 1 rings (SSSR count). The number of hydrogen-bond acceptors (Lipinski definition) is 2. The standard InChI is InChI=1S/C7H4Cl2FNO2/c8-5-2-1-4(3-10)6(9)7(5)11(12)13/h1-2H,3H2. The summed E-state index contributed by atoms with van der Waals surface area (Å²) in [6.45, 7) is -0.850. The number of nitro groups is 1. The molecule has 0 N–H and O–H groups in total. The first-order valence-electron chi connectivity index (χ1n) is 3.25. The Bertz CT molecular complexity index is 357. The summed E-state index contributed by atoms with van der Waals surface area (Å²) < 4.78 is 12.2. The lowest BCUT2D eigenvalue weighted by atomic mass is 10.2. The molecule has 0 bridgehead atoms. The average Bonchev–Trinajstić information content (AvgIpc) is 2.04. The van der Waals surface area contributed by atoms with Crippen LogP contribution in [0.1, 0.15) is 5.56 Å². The van der Waals surface area contributed by atoms with Gasteiger partial charge in [-0.15, -0.1) is 0 Å². The maximum atomic E-state index is 12.2. The van der Waals surface area contributed by atoms with Gasteiger partial charge in [0.2, 0.25) is 0 Å². The van der Waals surface area contributed by atoms with Crippen LogP contribution in [0.4, 0.5) is 10.1 Å². The van der Waals surface area contributed by atoms with Gasteiger partial charge < -0.3 is 0 Å². The van der Waals surface area contributed by atoms with Crippen LogP contribution in [0.15, 0.2) is 12.1 Å². The van der Waals surface area contributed by atoms with Gasteiger partial charge in [0.15, 0.2) is 0 Å². The van der Waals surface area contributed by atoms with Gasteiger partial charge in [0, 0.05) is 5.56 Å². The summed E-state index contributed by atoms with van der Waals surface area (Å²) in [6, 6.07) is 2.57. The zero-order valence-electron chi connectivity index (χ0n) is 6.26. The van der Waals surface area contributed by atoms with Gasteiger partial charge >= 0.3 is 5.69 Å². The van der Waals surface area contributed by atoms with Crippen molar-refractivity contribution in [1.82, 2.24) is 0 Å². The topological polar surface area (TPSA) is 43.1 Å². The van der Waals surface area contributed by atoms with E-state index in [1.807, 2.05) is 0 Å². The predicted octanol–water partition coefficient (Wildman–Crippen LogP) is 3.37. The third kappa shape index (κ3) is 1.89. The Morgan fingerprint density at radius 3 is 2.54 bits per heavy atom. The zero-order chi connectivity index (χ0) is 10.0. The molecule has 0 unspecified atom stereocenters. The van der Waals surface area contributed by atoms with E-state index in [0.29, 0.717) is 0 Å². The van der Waals surface area contributed by atoms with E-state index in [-0.39, 0.29) is 15.6 Å². The second-order valence-electron chi connectivity index (χ2n) is 2.26. The highest BCUT2D eigenvalue weighted by Gasteiger charge is 2.20. The molecule has 0 saturated carbocycles. The molecule has 0 aromatic heterocycles. The minimum absolute atomic E-state index is 0.0674. The summed E-state index contributed by atoms with van der Waals surface area (Å²) in [7, 11) is 0. The number of nitrogens with zero attached hydrogens (tertiary/aromatic N) is 1. The lowest BCUT2D eigenvalue weighted by molar-refractivity contribution is -0.384. The molecule has 70 valence electrons.